The minimum absolute atomic E-state index is 0.617. The third kappa shape index (κ3) is 3.27. The Bertz CT molecular complexity index is 356. The van der Waals surface area contributed by atoms with E-state index in [4.69, 9.17) is 0 Å². The maximum atomic E-state index is 4.63. The minimum Gasteiger partial charge on any atom is -0.314 e. The first-order valence-electron chi connectivity index (χ1n) is 6.60. The molecular weight excluding hydrogens is 230 g/mol. The van der Waals surface area contributed by atoms with Crippen LogP contribution in [-0.4, -0.2) is 42.6 Å². The van der Waals surface area contributed by atoms with E-state index in [0.29, 0.717) is 5.92 Å². The van der Waals surface area contributed by atoms with Gasteiger partial charge in [-0.05, 0) is 13.3 Å². The molecule has 1 fully saturated rings. The predicted octanol–water partition coefficient (Wildman–Crippen LogP) is 2.02. The molecule has 1 aliphatic rings. The van der Waals surface area contributed by atoms with E-state index in [1.807, 2.05) is 11.3 Å². The fourth-order valence-electron chi connectivity index (χ4n) is 2.44. The van der Waals surface area contributed by atoms with Crippen LogP contribution in [0.25, 0.3) is 0 Å². The molecule has 0 spiro atoms. The second-order valence-corrected chi connectivity index (χ2v) is 5.98. The summed E-state index contributed by atoms with van der Waals surface area (Å²) in [5.74, 6) is 0.617. The monoisotopic (exact) mass is 253 g/mol. The highest BCUT2D eigenvalue weighted by molar-refractivity contribution is 7.11. The molecule has 2 heterocycles. The van der Waals surface area contributed by atoms with Gasteiger partial charge >= 0.3 is 0 Å². The van der Waals surface area contributed by atoms with Crippen molar-refractivity contribution in [1.82, 2.24) is 15.2 Å². The van der Waals surface area contributed by atoms with Gasteiger partial charge in [-0.15, -0.1) is 11.3 Å². The number of hydrogen-bond donors (Lipinski definition) is 1. The molecule has 1 atom stereocenters. The van der Waals surface area contributed by atoms with Gasteiger partial charge in [-0.2, -0.15) is 0 Å². The molecule has 1 aliphatic heterocycles. The van der Waals surface area contributed by atoms with Crippen LogP contribution in [0.2, 0.25) is 0 Å². The molecule has 0 aromatic carbocycles. The number of aromatic nitrogens is 1. The van der Waals surface area contributed by atoms with Gasteiger partial charge in [-0.3, -0.25) is 0 Å². The molecule has 0 amide bonds. The zero-order valence-corrected chi connectivity index (χ0v) is 11.9. The molecule has 2 rings (SSSR count). The van der Waals surface area contributed by atoms with Crippen molar-refractivity contribution in [2.45, 2.75) is 33.1 Å². The lowest BCUT2D eigenvalue weighted by Crippen LogP contribution is -2.44. The lowest BCUT2D eigenvalue weighted by Gasteiger charge is -2.29. The molecule has 0 aliphatic carbocycles. The van der Waals surface area contributed by atoms with Gasteiger partial charge in [-0.1, -0.05) is 13.8 Å². The van der Waals surface area contributed by atoms with Crippen LogP contribution < -0.4 is 5.32 Å². The molecule has 17 heavy (non-hydrogen) atoms. The van der Waals surface area contributed by atoms with Gasteiger partial charge < -0.3 is 10.2 Å². The maximum Gasteiger partial charge on any atom is 0.0928 e. The van der Waals surface area contributed by atoms with Gasteiger partial charge in [0.25, 0.3) is 0 Å². The Labute approximate surface area is 108 Å². The summed E-state index contributed by atoms with van der Waals surface area (Å²) < 4.78 is 0. The standard InChI is InChI=1S/C13H23N3S/c1-4-12-15-11(3)13(17-12)10(2)9-16-7-5-14-6-8-16/h10,14H,4-9H2,1-3H3. The first-order valence-corrected chi connectivity index (χ1v) is 7.41. The Morgan fingerprint density at radius 2 is 2.12 bits per heavy atom. The van der Waals surface area contributed by atoms with E-state index in [0.717, 1.165) is 19.5 Å². The second-order valence-electron chi connectivity index (χ2n) is 4.86. The second kappa shape index (κ2) is 5.94. The van der Waals surface area contributed by atoms with Crippen molar-refractivity contribution in [3.05, 3.63) is 15.6 Å². The van der Waals surface area contributed by atoms with E-state index in [9.17, 15) is 0 Å². The normalized spacial score (nSPS) is 19.5. The van der Waals surface area contributed by atoms with Gasteiger partial charge in [-0.25, -0.2) is 4.98 Å². The van der Waals surface area contributed by atoms with Crippen LogP contribution in [0.4, 0.5) is 0 Å². The van der Waals surface area contributed by atoms with Crippen molar-refractivity contribution in [2.24, 2.45) is 0 Å². The molecule has 4 heteroatoms. The predicted molar refractivity (Wildman–Crippen MR) is 74.0 cm³/mol. The molecular formula is C13H23N3S. The van der Waals surface area contributed by atoms with Crippen LogP contribution in [0.3, 0.4) is 0 Å². The van der Waals surface area contributed by atoms with E-state index in [1.54, 1.807) is 0 Å². The third-order valence-corrected chi connectivity index (χ3v) is 4.90. The van der Waals surface area contributed by atoms with E-state index in [1.165, 1.54) is 35.2 Å². The fraction of sp³-hybridized carbons (Fsp3) is 0.769. The zero-order chi connectivity index (χ0) is 12.3. The summed E-state index contributed by atoms with van der Waals surface area (Å²) in [7, 11) is 0. The molecule has 1 saturated heterocycles. The summed E-state index contributed by atoms with van der Waals surface area (Å²) in [5.41, 5.74) is 1.24. The zero-order valence-electron chi connectivity index (χ0n) is 11.1. The first-order chi connectivity index (χ1) is 8.20. The van der Waals surface area contributed by atoms with Crippen LogP contribution in [0.15, 0.2) is 0 Å². The Balaban J connectivity index is 1.97. The van der Waals surface area contributed by atoms with Crippen LogP contribution in [0, 0.1) is 6.92 Å². The number of hydrogen-bond acceptors (Lipinski definition) is 4. The average molecular weight is 253 g/mol. The summed E-state index contributed by atoms with van der Waals surface area (Å²) >= 11 is 1.90. The third-order valence-electron chi connectivity index (χ3n) is 3.37. The molecule has 3 nitrogen and oxygen atoms in total. The van der Waals surface area contributed by atoms with Crippen molar-refractivity contribution < 1.29 is 0 Å². The summed E-state index contributed by atoms with van der Waals surface area (Å²) in [6.07, 6.45) is 1.06. The van der Waals surface area contributed by atoms with Crippen molar-refractivity contribution in [2.75, 3.05) is 32.7 Å². The Morgan fingerprint density at radius 1 is 1.41 bits per heavy atom. The molecule has 0 saturated carbocycles. The lowest BCUT2D eigenvalue weighted by molar-refractivity contribution is 0.231. The van der Waals surface area contributed by atoms with Gasteiger partial charge in [0.2, 0.25) is 0 Å². The highest BCUT2D eigenvalue weighted by Gasteiger charge is 2.18. The van der Waals surface area contributed by atoms with Gasteiger partial charge in [0, 0.05) is 43.5 Å². The van der Waals surface area contributed by atoms with Crippen molar-refractivity contribution in [1.29, 1.82) is 0 Å². The number of rotatable bonds is 4. The van der Waals surface area contributed by atoms with Crippen LogP contribution >= 0.6 is 11.3 Å². The number of nitrogens with zero attached hydrogens (tertiary/aromatic N) is 2. The maximum absolute atomic E-state index is 4.63. The number of piperazine rings is 1. The SMILES string of the molecule is CCc1nc(C)c(C(C)CN2CCNCC2)s1. The highest BCUT2D eigenvalue weighted by Crippen LogP contribution is 2.27. The quantitative estimate of drug-likeness (QED) is 0.890. The van der Waals surface area contributed by atoms with E-state index >= 15 is 0 Å². The molecule has 0 radical (unpaired) electrons. The summed E-state index contributed by atoms with van der Waals surface area (Å²) in [6.45, 7) is 12.5. The number of nitrogens with one attached hydrogen (secondary N) is 1. The van der Waals surface area contributed by atoms with Crippen LogP contribution in [0.1, 0.15) is 35.3 Å². The van der Waals surface area contributed by atoms with Gasteiger partial charge in [0.15, 0.2) is 0 Å². The molecule has 1 unspecified atom stereocenters. The number of aryl methyl sites for hydroxylation is 2. The molecule has 1 aromatic heterocycles. The Morgan fingerprint density at radius 3 is 2.71 bits per heavy atom. The largest absolute Gasteiger partial charge is 0.314 e. The van der Waals surface area contributed by atoms with Crippen LogP contribution in [0.5, 0.6) is 0 Å². The molecule has 96 valence electrons. The average Bonchev–Trinajstić information content (AvgIpc) is 2.72. The minimum atomic E-state index is 0.617. The van der Waals surface area contributed by atoms with E-state index in [2.05, 4.69) is 36.0 Å². The molecule has 1 N–H and O–H groups in total. The first kappa shape index (κ1) is 13.0. The van der Waals surface area contributed by atoms with Crippen molar-refractivity contribution in [3.8, 4) is 0 Å². The highest BCUT2D eigenvalue weighted by atomic mass is 32.1. The summed E-state index contributed by atoms with van der Waals surface area (Å²) in [4.78, 5) is 8.68. The van der Waals surface area contributed by atoms with Crippen molar-refractivity contribution in [3.63, 3.8) is 0 Å². The lowest BCUT2D eigenvalue weighted by atomic mass is 10.1. The smallest absolute Gasteiger partial charge is 0.0928 e. The Kier molecular flexibility index (Phi) is 4.54. The van der Waals surface area contributed by atoms with E-state index in [-0.39, 0.29) is 0 Å². The number of thiazole rings is 1. The Hall–Kier alpha value is -0.450. The fourth-order valence-corrected chi connectivity index (χ4v) is 3.49. The van der Waals surface area contributed by atoms with Gasteiger partial charge in [0.1, 0.15) is 0 Å². The summed E-state index contributed by atoms with van der Waals surface area (Å²) in [6, 6.07) is 0. The summed E-state index contributed by atoms with van der Waals surface area (Å²) in [5, 5.41) is 4.68. The van der Waals surface area contributed by atoms with Crippen LogP contribution in [-0.2, 0) is 6.42 Å². The molecule has 1 aromatic rings. The topological polar surface area (TPSA) is 28.2 Å². The van der Waals surface area contributed by atoms with E-state index < -0.39 is 0 Å². The van der Waals surface area contributed by atoms with Gasteiger partial charge in [0.05, 0.1) is 10.7 Å². The van der Waals surface area contributed by atoms with Crippen molar-refractivity contribution >= 4 is 11.3 Å². The molecule has 0 bridgehead atoms.